The summed E-state index contributed by atoms with van der Waals surface area (Å²) in [4.78, 5) is 0. The van der Waals surface area contributed by atoms with Gasteiger partial charge in [0.05, 0.1) is 0 Å². The average Bonchev–Trinajstić information content (AvgIpc) is 1.75. The Bertz CT molecular complexity index is 123. The molecular formula is CH3S3-. The highest BCUT2D eigenvalue weighted by Crippen LogP contribution is 1.63. The topological polar surface area (TPSA) is 0 Å². The molecule has 1 aliphatic rings. The fourth-order valence-electron chi connectivity index (χ4n) is 0.0278. The summed E-state index contributed by atoms with van der Waals surface area (Å²) in [5.41, 5.74) is 0. The number of hydrogen-bond donors (Lipinski definition) is 0. The Balaban J connectivity index is 3.30. The average molecular weight is 111 g/mol. The van der Waals surface area contributed by atoms with Gasteiger partial charge in [-0.05, 0) is 0 Å². The van der Waals surface area contributed by atoms with E-state index in [9.17, 15) is 0 Å². The van der Waals surface area contributed by atoms with E-state index in [2.05, 4.69) is 6.26 Å². The van der Waals surface area contributed by atoms with Crippen LogP contribution in [0.3, 0.4) is 0 Å². The van der Waals surface area contributed by atoms with Crippen LogP contribution < -0.4 is 0 Å². The smallest absolute Gasteiger partial charge is 0.131 e. The molecule has 4 heavy (non-hydrogen) atoms. The van der Waals surface area contributed by atoms with Crippen LogP contribution in [0.5, 0.6) is 0 Å². The predicted molar refractivity (Wildman–Crippen MR) is 28.0 cm³/mol. The van der Waals surface area contributed by atoms with E-state index in [1.165, 1.54) is 0 Å². The highest BCUT2D eigenvalue weighted by Gasteiger charge is 1.38. The summed E-state index contributed by atoms with van der Waals surface area (Å²) in [6, 6.07) is 0. The van der Waals surface area contributed by atoms with Crippen molar-refractivity contribution in [3.8, 4) is 0 Å². The summed E-state index contributed by atoms with van der Waals surface area (Å²) >= 11 is 0. The summed E-state index contributed by atoms with van der Waals surface area (Å²) in [6.45, 7) is 0. The largest absolute Gasteiger partial charge is 0.350 e. The fourth-order valence-corrected chi connectivity index (χ4v) is 2.25. The molecule has 1 aliphatic heterocycles. The summed E-state index contributed by atoms with van der Waals surface area (Å²) < 4.78 is 0. The highest BCUT2D eigenvalue weighted by atomic mass is 33.5. The van der Waals surface area contributed by atoms with Crippen LogP contribution in [0.1, 0.15) is 0 Å². The van der Waals surface area contributed by atoms with Crippen molar-refractivity contribution in [2.45, 2.75) is 0 Å². The lowest BCUT2D eigenvalue weighted by molar-refractivity contribution is 2.54. The zero-order chi connectivity index (χ0) is 2.99. The van der Waals surface area contributed by atoms with Crippen molar-refractivity contribution < 1.29 is 0 Å². The quantitative estimate of drug-likeness (QED) is 0.391. The molecular weight excluding hydrogens is 108 g/mol. The van der Waals surface area contributed by atoms with Gasteiger partial charge in [-0.15, -0.1) is 6.26 Å². The van der Waals surface area contributed by atoms with Crippen LogP contribution in [0, 0.1) is 0 Å². The van der Waals surface area contributed by atoms with Gasteiger partial charge < -0.3 is 8.01 Å². The first kappa shape index (κ1) is 3.00. The minimum absolute atomic E-state index is 0.722. The van der Waals surface area contributed by atoms with E-state index >= 15 is 0 Å². The maximum absolute atomic E-state index is 2.23. The third-order valence-corrected chi connectivity index (χ3v) is 5.51. The highest BCUT2D eigenvalue weighted by molar-refractivity contribution is 8.84. The van der Waals surface area contributed by atoms with Gasteiger partial charge in [-0.3, -0.25) is 17.8 Å². The van der Waals surface area contributed by atoms with Gasteiger partial charge in [-0.25, -0.2) is 0 Å². The molecule has 0 aliphatic carbocycles. The minimum atomic E-state index is 0.722. The Morgan fingerprint density at radius 3 is 1.75 bits per heavy atom. The van der Waals surface area contributed by atoms with E-state index in [-0.39, 0.29) is 0 Å². The molecule has 0 aromatic rings. The van der Waals surface area contributed by atoms with Crippen molar-refractivity contribution in [3.05, 3.63) is 0 Å². The van der Waals surface area contributed by atoms with Crippen LogP contribution in [0.15, 0.2) is 0 Å². The molecule has 0 saturated carbocycles. The zero-order valence-corrected chi connectivity index (χ0v) is 4.67. The Morgan fingerprint density at radius 1 is 1.50 bits per heavy atom. The van der Waals surface area contributed by atoms with Gasteiger partial charge in [0, 0.05) is 0 Å². The van der Waals surface area contributed by atoms with E-state index in [0.717, 1.165) is 8.01 Å². The van der Waals surface area contributed by atoms with Crippen LogP contribution in [-0.4, -0.2) is 6.26 Å². The zero-order valence-electron chi connectivity index (χ0n) is 2.22. The molecule has 0 aromatic heterocycles. The second kappa shape index (κ2) is 0.880. The second-order valence-corrected chi connectivity index (χ2v) is 8.51. The van der Waals surface area contributed by atoms with Gasteiger partial charge in [-0.2, -0.15) is 0 Å². The lowest BCUT2D eigenvalue weighted by atomic mass is 12.0. The summed E-state index contributed by atoms with van der Waals surface area (Å²) in [6.07, 6.45) is 2.23. The van der Waals surface area contributed by atoms with Gasteiger partial charge in [-0.1, -0.05) is 0 Å². The summed E-state index contributed by atoms with van der Waals surface area (Å²) in [5, 5.41) is 0. The maximum atomic E-state index is 2.23. The van der Waals surface area contributed by atoms with Crippen molar-refractivity contribution >= 4 is 25.8 Å². The van der Waals surface area contributed by atoms with E-state index in [4.69, 9.17) is 0 Å². The Labute approximate surface area is 32.4 Å². The fraction of sp³-hybridized carbons (Fsp3) is 1.00. The predicted octanol–water partition coefficient (Wildman–Crippen LogP) is 0.158. The van der Waals surface area contributed by atoms with E-state index in [1.807, 2.05) is 17.8 Å². The molecule has 0 spiro atoms. The lowest BCUT2D eigenvalue weighted by Crippen LogP contribution is -1.36. The van der Waals surface area contributed by atoms with Gasteiger partial charge >= 0.3 is 0 Å². The van der Waals surface area contributed by atoms with Crippen LogP contribution in [0.4, 0.5) is 0 Å². The molecule has 0 amide bonds. The molecule has 0 unspecified atom stereocenters. The third kappa shape index (κ3) is 0.622. The van der Waals surface area contributed by atoms with Crippen LogP contribution in [0.2, 0.25) is 0 Å². The van der Waals surface area contributed by atoms with E-state index in [0.29, 0.717) is 0 Å². The van der Waals surface area contributed by atoms with Crippen molar-refractivity contribution in [1.29, 1.82) is 0 Å². The molecule has 26 valence electrons. The molecule has 0 atom stereocenters. The molecule has 0 fully saturated rings. The normalized spacial score (nSPS) is 22.2. The lowest BCUT2D eigenvalue weighted by Gasteiger charge is -1.55. The molecule has 3 heteroatoms. The molecule has 0 radical (unpaired) electrons. The van der Waals surface area contributed by atoms with Crippen LogP contribution in [0.25, 0.3) is 0 Å². The maximum Gasteiger partial charge on any atom is -0.131 e. The van der Waals surface area contributed by atoms with Crippen molar-refractivity contribution in [1.82, 2.24) is 0 Å². The third-order valence-electron chi connectivity index (χ3n) is 0.204. The number of rotatable bonds is 0. The van der Waals surface area contributed by atoms with E-state index < -0.39 is 0 Å². The first-order valence-electron chi connectivity index (χ1n) is 0.908. The Morgan fingerprint density at radius 2 is 1.75 bits per heavy atom. The van der Waals surface area contributed by atoms with Crippen molar-refractivity contribution in [2.75, 3.05) is 6.26 Å². The molecule has 1 rings (SSSR count). The molecule has 0 N–H and O–H groups in total. The van der Waals surface area contributed by atoms with Crippen molar-refractivity contribution in [3.63, 3.8) is 0 Å². The van der Waals surface area contributed by atoms with Crippen LogP contribution >= 0.6 is 0 Å². The van der Waals surface area contributed by atoms with E-state index in [1.54, 1.807) is 0 Å². The molecule has 0 bridgehead atoms. The SMILES string of the molecule is C[S-]1=S=S=1. The monoisotopic (exact) mass is 111 g/mol. The summed E-state index contributed by atoms with van der Waals surface area (Å²) in [5.74, 6) is 0. The summed E-state index contributed by atoms with van der Waals surface area (Å²) in [7, 11) is 4.66. The number of hydrogen-bond acceptors (Lipinski definition) is 1. The first-order chi connectivity index (χ1) is 1.89. The van der Waals surface area contributed by atoms with Gasteiger partial charge in [0.25, 0.3) is 0 Å². The second-order valence-electron chi connectivity index (χ2n) is 0.537. The molecule has 0 aromatic carbocycles. The molecule has 0 nitrogen and oxygen atoms in total. The van der Waals surface area contributed by atoms with Crippen LogP contribution in [-0.2, 0) is 25.8 Å². The van der Waals surface area contributed by atoms with Gasteiger partial charge in [0.15, 0.2) is 0 Å². The molecule has 0 saturated heterocycles. The minimum Gasteiger partial charge on any atom is -0.350 e. The van der Waals surface area contributed by atoms with Crippen molar-refractivity contribution in [2.24, 2.45) is 0 Å². The molecule has 1 heterocycles. The standard InChI is InChI=1S/CH3S3/c1-4-2-3-4/h1H3/q-1. The van der Waals surface area contributed by atoms with Gasteiger partial charge in [0.1, 0.15) is 0 Å². The Hall–Kier alpha value is 0.790. The first-order valence-corrected chi connectivity index (χ1v) is 5.72. The van der Waals surface area contributed by atoms with Gasteiger partial charge in [0.2, 0.25) is 0 Å². The Kier molecular flexibility index (Phi) is 0.660.